The van der Waals surface area contributed by atoms with Gasteiger partial charge in [-0.05, 0) is 60.7 Å². The van der Waals surface area contributed by atoms with Gasteiger partial charge in [0.25, 0.3) is 0 Å². The maximum Gasteiger partial charge on any atom is 0.229 e. The highest BCUT2D eigenvalue weighted by atomic mass is 35.5. The zero-order valence-corrected chi connectivity index (χ0v) is 19.8. The van der Waals surface area contributed by atoms with Crippen LogP contribution in [0, 0.1) is 11.8 Å². The highest BCUT2D eigenvalue weighted by molar-refractivity contribution is 6.30. The van der Waals surface area contributed by atoms with Crippen molar-refractivity contribution in [1.82, 2.24) is 16.0 Å². The molecule has 2 saturated heterocycles. The molecule has 5 rings (SSSR count). The molecule has 3 aromatic rings. The van der Waals surface area contributed by atoms with Crippen molar-refractivity contribution in [2.75, 3.05) is 10.6 Å². The molecule has 0 spiro atoms. The number of halogens is 1. The second kappa shape index (κ2) is 10.3. The van der Waals surface area contributed by atoms with Crippen LogP contribution in [0.3, 0.4) is 0 Å². The SMILES string of the molecule is O=C1CC(C(=O)Nc2ccc(Oc3ccccc3)cc2)C2C(=O)NC(Nc3ccc(Cl)cc3)NC2N1. The first-order chi connectivity index (χ1) is 17.4. The molecule has 2 aliphatic rings. The van der Waals surface area contributed by atoms with Gasteiger partial charge < -0.3 is 26.0 Å². The Balaban J connectivity index is 1.23. The van der Waals surface area contributed by atoms with E-state index in [9.17, 15) is 14.4 Å². The highest BCUT2D eigenvalue weighted by Crippen LogP contribution is 2.29. The normalized spacial score (nSPS) is 23.0. The maximum atomic E-state index is 13.1. The van der Waals surface area contributed by atoms with E-state index in [-0.39, 0.29) is 18.2 Å². The van der Waals surface area contributed by atoms with Crippen LogP contribution < -0.4 is 31.3 Å². The average molecular weight is 506 g/mol. The number of para-hydroxylation sites is 1. The standard InChI is InChI=1S/C26H24ClN5O4/c27-15-6-8-17(9-7-15)29-26-31-23-22(25(35)32-26)20(14-21(33)30-23)24(34)28-16-10-12-19(13-11-16)36-18-4-2-1-3-5-18/h1-13,20,22-23,26,29,31H,14H2,(H,28,34)(H,30,33)(H,32,35). The fourth-order valence-corrected chi connectivity index (χ4v) is 4.46. The van der Waals surface area contributed by atoms with Crippen molar-refractivity contribution < 1.29 is 19.1 Å². The summed E-state index contributed by atoms with van der Waals surface area (Å²) in [6, 6.07) is 23.2. The third-order valence-corrected chi connectivity index (χ3v) is 6.29. The minimum Gasteiger partial charge on any atom is -0.457 e. The molecule has 2 heterocycles. The van der Waals surface area contributed by atoms with Crippen molar-refractivity contribution in [2.45, 2.75) is 18.9 Å². The quantitative estimate of drug-likeness (QED) is 0.351. The van der Waals surface area contributed by atoms with Gasteiger partial charge in [0.05, 0.1) is 18.0 Å². The predicted octanol–water partition coefficient (Wildman–Crippen LogP) is 3.26. The summed E-state index contributed by atoms with van der Waals surface area (Å²) in [7, 11) is 0. The molecule has 36 heavy (non-hydrogen) atoms. The molecular formula is C26H24ClN5O4. The Morgan fingerprint density at radius 2 is 1.53 bits per heavy atom. The van der Waals surface area contributed by atoms with E-state index in [0.29, 0.717) is 22.2 Å². The predicted molar refractivity (Wildman–Crippen MR) is 135 cm³/mol. The molecule has 10 heteroatoms. The van der Waals surface area contributed by atoms with Crippen LogP contribution in [0.4, 0.5) is 11.4 Å². The van der Waals surface area contributed by atoms with E-state index < -0.39 is 30.2 Å². The van der Waals surface area contributed by atoms with Gasteiger partial charge in [0, 0.05) is 22.8 Å². The summed E-state index contributed by atoms with van der Waals surface area (Å²) in [4.78, 5) is 38.5. The molecule has 5 N–H and O–H groups in total. The second-order valence-electron chi connectivity index (χ2n) is 8.57. The lowest BCUT2D eigenvalue weighted by atomic mass is 9.81. The Morgan fingerprint density at radius 3 is 2.25 bits per heavy atom. The van der Waals surface area contributed by atoms with E-state index in [0.717, 1.165) is 5.69 Å². The molecule has 4 unspecified atom stereocenters. The van der Waals surface area contributed by atoms with Crippen molar-refractivity contribution in [3.05, 3.63) is 83.9 Å². The van der Waals surface area contributed by atoms with E-state index in [1.54, 1.807) is 48.5 Å². The van der Waals surface area contributed by atoms with Gasteiger partial charge in [-0.1, -0.05) is 29.8 Å². The zero-order chi connectivity index (χ0) is 25.1. The smallest absolute Gasteiger partial charge is 0.229 e. The van der Waals surface area contributed by atoms with Crippen LogP contribution in [-0.4, -0.2) is 30.2 Å². The Hall–Kier alpha value is -4.08. The fraction of sp³-hybridized carbons (Fsp3) is 0.192. The fourth-order valence-electron chi connectivity index (χ4n) is 4.33. The van der Waals surface area contributed by atoms with Gasteiger partial charge >= 0.3 is 0 Å². The van der Waals surface area contributed by atoms with Gasteiger partial charge in [-0.25, -0.2) is 0 Å². The first kappa shape index (κ1) is 23.7. The zero-order valence-electron chi connectivity index (χ0n) is 19.0. The third-order valence-electron chi connectivity index (χ3n) is 6.04. The molecule has 4 atom stereocenters. The Morgan fingerprint density at radius 1 is 0.861 bits per heavy atom. The van der Waals surface area contributed by atoms with Crippen LogP contribution in [0.25, 0.3) is 0 Å². The molecule has 0 radical (unpaired) electrons. The first-order valence-corrected chi connectivity index (χ1v) is 11.8. The number of hydrogen-bond donors (Lipinski definition) is 5. The maximum absolute atomic E-state index is 13.1. The number of fused-ring (bicyclic) bond motifs is 1. The third kappa shape index (κ3) is 5.42. The number of hydrogen-bond acceptors (Lipinski definition) is 6. The molecule has 184 valence electrons. The summed E-state index contributed by atoms with van der Waals surface area (Å²) in [5.74, 6) is -1.34. The van der Waals surface area contributed by atoms with Crippen molar-refractivity contribution in [1.29, 1.82) is 0 Å². The lowest BCUT2D eigenvalue weighted by Gasteiger charge is -2.43. The summed E-state index contributed by atoms with van der Waals surface area (Å²) >= 11 is 5.92. The van der Waals surface area contributed by atoms with Crippen molar-refractivity contribution in [3.63, 3.8) is 0 Å². The van der Waals surface area contributed by atoms with Gasteiger partial charge in [0.2, 0.25) is 17.7 Å². The number of piperidine rings is 1. The molecule has 2 aliphatic heterocycles. The largest absolute Gasteiger partial charge is 0.457 e. The van der Waals surface area contributed by atoms with Crippen LogP contribution in [-0.2, 0) is 14.4 Å². The van der Waals surface area contributed by atoms with Crippen molar-refractivity contribution >= 4 is 40.7 Å². The lowest BCUT2D eigenvalue weighted by molar-refractivity contribution is -0.144. The van der Waals surface area contributed by atoms with Gasteiger partial charge in [-0.15, -0.1) is 0 Å². The molecular weight excluding hydrogens is 482 g/mol. The second-order valence-corrected chi connectivity index (χ2v) is 9.01. The number of nitrogens with one attached hydrogen (secondary N) is 5. The van der Waals surface area contributed by atoms with E-state index in [2.05, 4.69) is 26.6 Å². The minimum atomic E-state index is -0.840. The lowest BCUT2D eigenvalue weighted by Crippen LogP contribution is -2.72. The van der Waals surface area contributed by atoms with E-state index in [1.807, 2.05) is 30.3 Å². The van der Waals surface area contributed by atoms with Gasteiger partial charge in [0.1, 0.15) is 11.5 Å². The Kier molecular flexibility index (Phi) is 6.75. The molecule has 0 bridgehead atoms. The van der Waals surface area contributed by atoms with Gasteiger partial charge in [-0.3, -0.25) is 19.7 Å². The molecule has 2 fully saturated rings. The van der Waals surface area contributed by atoms with Crippen LogP contribution in [0.2, 0.25) is 5.02 Å². The van der Waals surface area contributed by atoms with Crippen molar-refractivity contribution in [2.24, 2.45) is 11.8 Å². The summed E-state index contributed by atoms with van der Waals surface area (Å²) in [5.41, 5.74) is 1.26. The van der Waals surface area contributed by atoms with Crippen LogP contribution >= 0.6 is 11.6 Å². The monoisotopic (exact) mass is 505 g/mol. The highest BCUT2D eigenvalue weighted by Gasteiger charge is 2.48. The molecule has 0 aliphatic carbocycles. The molecule has 0 saturated carbocycles. The van der Waals surface area contributed by atoms with Crippen LogP contribution in [0.5, 0.6) is 11.5 Å². The first-order valence-electron chi connectivity index (χ1n) is 11.5. The van der Waals surface area contributed by atoms with Crippen molar-refractivity contribution in [3.8, 4) is 11.5 Å². The molecule has 9 nitrogen and oxygen atoms in total. The molecule has 0 aromatic heterocycles. The minimum absolute atomic E-state index is 0.0907. The van der Waals surface area contributed by atoms with Crippen LogP contribution in [0.15, 0.2) is 78.9 Å². The average Bonchev–Trinajstić information content (AvgIpc) is 2.86. The Labute approximate surface area is 212 Å². The number of rotatable bonds is 6. The summed E-state index contributed by atoms with van der Waals surface area (Å²) < 4.78 is 5.77. The van der Waals surface area contributed by atoms with E-state index >= 15 is 0 Å². The number of ether oxygens (including phenoxy) is 1. The number of carbonyl (C=O) groups excluding carboxylic acids is 3. The van der Waals surface area contributed by atoms with Gasteiger partial charge in [-0.2, -0.15) is 0 Å². The number of carbonyl (C=O) groups is 3. The topological polar surface area (TPSA) is 121 Å². The molecule has 3 amide bonds. The van der Waals surface area contributed by atoms with Crippen LogP contribution in [0.1, 0.15) is 6.42 Å². The summed E-state index contributed by atoms with van der Waals surface area (Å²) in [6.07, 6.45) is -1.44. The number of benzene rings is 3. The summed E-state index contributed by atoms with van der Waals surface area (Å²) in [6.45, 7) is 0. The number of anilines is 2. The summed E-state index contributed by atoms with van der Waals surface area (Å²) in [5, 5.41) is 15.3. The number of amides is 3. The Bertz CT molecular complexity index is 1250. The van der Waals surface area contributed by atoms with E-state index in [4.69, 9.17) is 16.3 Å². The molecule has 3 aromatic carbocycles. The van der Waals surface area contributed by atoms with Gasteiger partial charge in [0.15, 0.2) is 6.29 Å². The van der Waals surface area contributed by atoms with E-state index in [1.165, 1.54) is 0 Å².